The lowest BCUT2D eigenvalue weighted by Gasteiger charge is -2.38. The summed E-state index contributed by atoms with van der Waals surface area (Å²) in [5, 5.41) is 3.10. The van der Waals surface area contributed by atoms with Crippen molar-refractivity contribution >= 4 is 11.9 Å². The second-order valence-electron chi connectivity index (χ2n) is 7.81. The van der Waals surface area contributed by atoms with Crippen molar-refractivity contribution in [1.29, 1.82) is 0 Å². The monoisotopic (exact) mass is 345 g/mol. The van der Waals surface area contributed by atoms with Crippen LogP contribution in [0.1, 0.15) is 44.2 Å². The number of carbonyl (C=O) groups excluding carboxylic acids is 2. The van der Waals surface area contributed by atoms with Crippen LogP contribution in [0, 0.1) is 12.8 Å². The van der Waals surface area contributed by atoms with Crippen molar-refractivity contribution < 1.29 is 19.1 Å². The molecule has 2 aliphatic rings. The van der Waals surface area contributed by atoms with Gasteiger partial charge in [0.05, 0.1) is 12.3 Å². The van der Waals surface area contributed by atoms with Gasteiger partial charge in [0.25, 0.3) is 0 Å². The lowest BCUT2D eigenvalue weighted by atomic mass is 9.73. The third-order valence-electron chi connectivity index (χ3n) is 5.58. The maximum Gasteiger partial charge on any atom is 0.307 e. The van der Waals surface area contributed by atoms with E-state index in [4.69, 9.17) is 9.47 Å². The average molecular weight is 345 g/mol. The Morgan fingerprint density at radius 3 is 2.60 bits per heavy atom. The van der Waals surface area contributed by atoms with Gasteiger partial charge in [-0.2, -0.15) is 0 Å². The molecule has 1 amide bonds. The van der Waals surface area contributed by atoms with E-state index >= 15 is 0 Å². The first-order chi connectivity index (χ1) is 11.8. The van der Waals surface area contributed by atoms with Gasteiger partial charge in [-0.3, -0.25) is 9.59 Å². The van der Waals surface area contributed by atoms with Gasteiger partial charge < -0.3 is 14.8 Å². The number of cyclic esters (lactones) is 1. The molecule has 0 radical (unpaired) electrons. The highest BCUT2D eigenvalue weighted by molar-refractivity contribution is 5.87. The molecule has 0 aliphatic carbocycles. The number of aryl methyl sites for hydroxylation is 1. The molecule has 25 heavy (non-hydrogen) atoms. The molecular formula is C20H27NO4. The van der Waals surface area contributed by atoms with Crippen molar-refractivity contribution in [1.82, 2.24) is 5.32 Å². The van der Waals surface area contributed by atoms with E-state index in [9.17, 15) is 9.59 Å². The van der Waals surface area contributed by atoms with E-state index in [0.717, 1.165) is 12.8 Å². The highest BCUT2D eigenvalue weighted by atomic mass is 16.6. The Hall–Kier alpha value is -1.88. The molecule has 1 aromatic rings. The molecule has 0 aromatic heterocycles. The van der Waals surface area contributed by atoms with Gasteiger partial charge in [-0.05, 0) is 39.2 Å². The summed E-state index contributed by atoms with van der Waals surface area (Å²) in [6, 6.07) is 8.48. The molecule has 5 heteroatoms. The third kappa shape index (κ3) is 3.71. The molecule has 2 saturated heterocycles. The number of hydrogen-bond acceptors (Lipinski definition) is 4. The first-order valence-electron chi connectivity index (χ1n) is 8.97. The van der Waals surface area contributed by atoms with Gasteiger partial charge in [-0.25, -0.2) is 0 Å². The fourth-order valence-electron chi connectivity index (χ4n) is 3.91. The van der Waals surface area contributed by atoms with E-state index in [1.165, 1.54) is 11.1 Å². The molecule has 0 spiro atoms. The molecular weight excluding hydrogens is 318 g/mol. The molecule has 0 saturated carbocycles. The highest BCUT2D eigenvalue weighted by Crippen LogP contribution is 2.36. The summed E-state index contributed by atoms with van der Waals surface area (Å²) >= 11 is 0. The van der Waals surface area contributed by atoms with E-state index in [1.807, 2.05) is 0 Å². The summed E-state index contributed by atoms with van der Waals surface area (Å²) in [6.07, 6.45) is 1.90. The van der Waals surface area contributed by atoms with Crippen molar-refractivity contribution in [3.8, 4) is 0 Å². The molecule has 1 unspecified atom stereocenters. The molecule has 3 rings (SSSR count). The fourth-order valence-corrected chi connectivity index (χ4v) is 3.91. The number of carbonyl (C=O) groups is 2. The average Bonchev–Trinajstić information content (AvgIpc) is 2.86. The molecule has 136 valence electrons. The van der Waals surface area contributed by atoms with Crippen LogP contribution in [0.4, 0.5) is 0 Å². The third-order valence-corrected chi connectivity index (χ3v) is 5.58. The molecule has 5 nitrogen and oxygen atoms in total. The van der Waals surface area contributed by atoms with Crippen LogP contribution in [0.5, 0.6) is 0 Å². The maximum atomic E-state index is 12.7. The zero-order valence-corrected chi connectivity index (χ0v) is 15.3. The van der Waals surface area contributed by atoms with Crippen molar-refractivity contribution in [2.75, 3.05) is 19.8 Å². The molecule has 2 fully saturated rings. The van der Waals surface area contributed by atoms with E-state index in [-0.39, 0.29) is 23.7 Å². The highest BCUT2D eigenvalue weighted by Gasteiger charge is 2.46. The van der Waals surface area contributed by atoms with Crippen LogP contribution in [-0.2, 0) is 24.5 Å². The molecule has 0 bridgehead atoms. The first kappa shape index (κ1) is 17.9. The van der Waals surface area contributed by atoms with Crippen molar-refractivity contribution in [3.05, 3.63) is 35.4 Å². The number of benzene rings is 1. The van der Waals surface area contributed by atoms with Crippen LogP contribution in [0.2, 0.25) is 0 Å². The fraction of sp³-hybridized carbons (Fsp3) is 0.600. The van der Waals surface area contributed by atoms with Gasteiger partial charge in [0, 0.05) is 25.2 Å². The summed E-state index contributed by atoms with van der Waals surface area (Å²) < 4.78 is 10.8. The SMILES string of the molecule is Cc1cccc(C2(CNC(=O)C3CC(=O)OC3(C)C)CCOCC2)c1. The van der Waals surface area contributed by atoms with E-state index in [2.05, 4.69) is 36.5 Å². The van der Waals surface area contributed by atoms with Crippen molar-refractivity contribution in [3.63, 3.8) is 0 Å². The van der Waals surface area contributed by atoms with Crippen LogP contribution >= 0.6 is 0 Å². The van der Waals surface area contributed by atoms with Crippen LogP contribution in [-0.4, -0.2) is 37.2 Å². The second kappa shape index (κ2) is 6.79. The Kier molecular flexibility index (Phi) is 4.87. The number of rotatable bonds is 4. The standard InChI is InChI=1S/C20H27NO4/c1-14-5-4-6-15(11-14)20(7-9-24-10-8-20)13-21-18(23)16-12-17(22)25-19(16,2)3/h4-6,11,16H,7-10,12-13H2,1-3H3,(H,21,23). The lowest BCUT2D eigenvalue weighted by molar-refractivity contribution is -0.147. The molecule has 1 aromatic carbocycles. The van der Waals surface area contributed by atoms with Gasteiger partial charge in [0.15, 0.2) is 0 Å². The van der Waals surface area contributed by atoms with Crippen LogP contribution < -0.4 is 5.32 Å². The lowest BCUT2D eigenvalue weighted by Crippen LogP contribution is -2.48. The van der Waals surface area contributed by atoms with Gasteiger partial charge >= 0.3 is 5.97 Å². The maximum absolute atomic E-state index is 12.7. The zero-order valence-electron chi connectivity index (χ0n) is 15.3. The Labute approximate surface area is 149 Å². The number of nitrogens with one attached hydrogen (secondary N) is 1. The number of ether oxygens (including phenoxy) is 2. The summed E-state index contributed by atoms with van der Waals surface area (Å²) in [7, 11) is 0. The van der Waals surface area contributed by atoms with Crippen LogP contribution in [0.3, 0.4) is 0 Å². The van der Waals surface area contributed by atoms with Crippen molar-refractivity contribution in [2.24, 2.45) is 5.92 Å². The number of amides is 1. The quantitative estimate of drug-likeness (QED) is 0.852. The van der Waals surface area contributed by atoms with Crippen LogP contribution in [0.25, 0.3) is 0 Å². The Morgan fingerprint density at radius 1 is 1.28 bits per heavy atom. The summed E-state index contributed by atoms with van der Waals surface area (Å²) in [6.45, 7) is 7.62. The first-order valence-corrected chi connectivity index (χ1v) is 8.97. The van der Waals surface area contributed by atoms with Gasteiger partial charge in [-0.15, -0.1) is 0 Å². The van der Waals surface area contributed by atoms with Gasteiger partial charge in [0.1, 0.15) is 5.60 Å². The van der Waals surface area contributed by atoms with Crippen molar-refractivity contribution in [2.45, 2.75) is 51.0 Å². The minimum absolute atomic E-state index is 0.102. The smallest absolute Gasteiger partial charge is 0.307 e. The summed E-state index contributed by atoms with van der Waals surface area (Å²) in [5.41, 5.74) is 1.60. The van der Waals surface area contributed by atoms with E-state index < -0.39 is 11.5 Å². The largest absolute Gasteiger partial charge is 0.459 e. The molecule has 1 N–H and O–H groups in total. The summed E-state index contributed by atoms with van der Waals surface area (Å²) in [5.74, 6) is -0.839. The van der Waals surface area contributed by atoms with Gasteiger partial charge in [-0.1, -0.05) is 29.8 Å². The second-order valence-corrected chi connectivity index (χ2v) is 7.81. The van der Waals surface area contributed by atoms with Crippen LogP contribution in [0.15, 0.2) is 24.3 Å². The Morgan fingerprint density at radius 2 is 2.00 bits per heavy atom. The molecule has 1 atom stereocenters. The zero-order chi connectivity index (χ0) is 18.1. The Bertz CT molecular complexity index is 661. The Balaban J connectivity index is 1.75. The van der Waals surface area contributed by atoms with E-state index in [1.54, 1.807) is 13.8 Å². The number of hydrogen-bond donors (Lipinski definition) is 1. The predicted octanol–water partition coefficient (Wildman–Crippen LogP) is 2.50. The predicted molar refractivity (Wildman–Crippen MR) is 94.2 cm³/mol. The normalized spacial score (nSPS) is 24.6. The minimum Gasteiger partial charge on any atom is -0.459 e. The molecule has 2 aliphatic heterocycles. The minimum atomic E-state index is -0.743. The number of esters is 1. The van der Waals surface area contributed by atoms with E-state index in [0.29, 0.717) is 19.8 Å². The van der Waals surface area contributed by atoms with Gasteiger partial charge in [0.2, 0.25) is 5.91 Å². The topological polar surface area (TPSA) is 64.6 Å². The summed E-state index contributed by atoms with van der Waals surface area (Å²) in [4.78, 5) is 24.3. The molecule has 2 heterocycles.